The molecule has 0 spiro atoms. The summed E-state index contributed by atoms with van der Waals surface area (Å²) in [6.07, 6.45) is -3.11. The molecule has 15 nitrogen and oxygen atoms in total. The third-order valence-corrected chi connectivity index (χ3v) is 10.6. The van der Waals surface area contributed by atoms with Crippen LogP contribution in [0, 0.1) is 11.8 Å². The largest absolute Gasteiger partial charge is 0.516 e. The number of amides is 3. The highest BCUT2D eigenvalue weighted by atomic mass is 32.2. The summed E-state index contributed by atoms with van der Waals surface area (Å²) in [4.78, 5) is 68.0. The molecule has 3 heterocycles. The highest BCUT2D eigenvalue weighted by molar-refractivity contribution is 8.03. The molecule has 6 atom stereocenters. The second-order valence-corrected chi connectivity index (χ2v) is 13.6. The Morgan fingerprint density at radius 2 is 1.53 bits per heavy atom. The van der Waals surface area contributed by atoms with Crippen molar-refractivity contribution in [3.63, 3.8) is 0 Å². The van der Waals surface area contributed by atoms with E-state index in [0.717, 1.165) is 5.56 Å². The first-order chi connectivity index (χ1) is 24.4. The van der Waals surface area contributed by atoms with Gasteiger partial charge in [-0.3, -0.25) is 4.79 Å². The Balaban J connectivity index is 1.32. The van der Waals surface area contributed by atoms with Crippen LogP contribution in [0.25, 0.3) is 0 Å². The Kier molecular flexibility index (Phi) is 12.0. The summed E-state index contributed by atoms with van der Waals surface area (Å²) in [5, 5.41) is 12.7. The van der Waals surface area contributed by atoms with E-state index < -0.39 is 60.2 Å². The topological polar surface area (TPSA) is 179 Å². The number of esters is 1. The number of hydrogen-bond donors (Lipinski definition) is 2. The van der Waals surface area contributed by atoms with Crippen LogP contribution < -0.4 is 14.8 Å². The molecule has 3 aliphatic rings. The maximum Gasteiger partial charge on any atom is 0.516 e. The molecule has 0 unspecified atom stereocenters. The third kappa shape index (κ3) is 8.34. The highest BCUT2D eigenvalue weighted by Gasteiger charge is 2.61. The number of β-lactam (4-membered cyclic amide) rings is 1. The number of alkyl carbamates (subject to hydrolysis) is 1. The summed E-state index contributed by atoms with van der Waals surface area (Å²) < 4.78 is 30.9. The lowest BCUT2D eigenvalue weighted by atomic mass is 9.79. The summed E-state index contributed by atoms with van der Waals surface area (Å²) >= 11 is 1.28. The number of likely N-dealkylation sites (tertiary alicyclic amines) is 1. The second kappa shape index (κ2) is 16.4. The van der Waals surface area contributed by atoms with Gasteiger partial charge >= 0.3 is 24.3 Å². The summed E-state index contributed by atoms with van der Waals surface area (Å²) in [6, 6.07) is 12.8. The number of nitrogens with one attached hydrogen (secondary N) is 1. The molecule has 2 fully saturated rings. The number of hydrogen-bond acceptors (Lipinski definition) is 13. The first-order valence-electron chi connectivity index (χ1n) is 16.3. The van der Waals surface area contributed by atoms with Gasteiger partial charge in [-0.15, -0.1) is 11.8 Å². The van der Waals surface area contributed by atoms with Crippen LogP contribution >= 0.6 is 11.8 Å². The molecule has 16 heteroatoms. The predicted molar refractivity (Wildman–Crippen MR) is 181 cm³/mol. The van der Waals surface area contributed by atoms with Crippen molar-refractivity contribution in [2.24, 2.45) is 11.8 Å². The van der Waals surface area contributed by atoms with E-state index in [1.165, 1.54) is 42.7 Å². The minimum Gasteiger partial charge on any atom is -0.497 e. The lowest BCUT2D eigenvalue weighted by Gasteiger charge is -2.46. The van der Waals surface area contributed by atoms with Crippen LogP contribution in [-0.2, 0) is 41.8 Å². The fraction of sp³-hybridized carbons (Fsp3) is 0.457. The number of methoxy groups -OCH3 is 3. The van der Waals surface area contributed by atoms with Crippen molar-refractivity contribution in [2.45, 2.75) is 56.9 Å². The molecule has 3 amide bonds. The van der Waals surface area contributed by atoms with E-state index in [4.69, 9.17) is 28.4 Å². The number of benzene rings is 2. The van der Waals surface area contributed by atoms with E-state index in [1.807, 2.05) is 6.92 Å². The Morgan fingerprint density at radius 1 is 0.941 bits per heavy atom. The zero-order valence-corrected chi connectivity index (χ0v) is 29.7. The fourth-order valence-electron chi connectivity index (χ4n) is 6.47. The maximum absolute atomic E-state index is 13.6. The lowest BCUT2D eigenvalue weighted by molar-refractivity contribution is -0.163. The molecule has 5 rings (SSSR count). The van der Waals surface area contributed by atoms with Gasteiger partial charge in [0.1, 0.15) is 30.4 Å². The number of aliphatic hydroxyl groups excluding tert-OH is 1. The molecule has 0 bridgehead atoms. The van der Waals surface area contributed by atoms with Crippen LogP contribution in [0.3, 0.4) is 0 Å². The zero-order chi connectivity index (χ0) is 36.8. The minimum atomic E-state index is -1.25. The number of thioether (sulfide) groups is 1. The van der Waals surface area contributed by atoms with Gasteiger partial charge in [-0.2, -0.15) is 0 Å². The van der Waals surface area contributed by atoms with Crippen molar-refractivity contribution in [2.75, 3.05) is 34.4 Å². The van der Waals surface area contributed by atoms with Crippen molar-refractivity contribution in [3.05, 3.63) is 70.3 Å². The molecule has 2 aromatic carbocycles. The monoisotopic (exact) mass is 727 g/mol. The molecule has 0 radical (unpaired) electrons. The van der Waals surface area contributed by atoms with Gasteiger partial charge in [0.05, 0.1) is 45.4 Å². The second-order valence-electron chi connectivity index (χ2n) is 12.3. The van der Waals surface area contributed by atoms with Crippen molar-refractivity contribution < 1.29 is 57.5 Å². The summed E-state index contributed by atoms with van der Waals surface area (Å²) in [7, 11) is 4.32. The number of rotatable bonds is 12. The normalized spacial score (nSPS) is 22.8. The number of fused-ring (bicyclic) bond motifs is 1. The molecule has 51 heavy (non-hydrogen) atoms. The number of nitrogens with zero attached hydrogens (tertiary/aromatic N) is 2. The predicted octanol–water partition coefficient (Wildman–Crippen LogP) is 3.82. The van der Waals surface area contributed by atoms with E-state index in [-0.39, 0.29) is 37.3 Å². The molecular formula is C35H41N3O12S. The van der Waals surface area contributed by atoms with Gasteiger partial charge in [0.15, 0.2) is 0 Å². The fourth-order valence-corrected chi connectivity index (χ4v) is 8.03. The number of aliphatic hydroxyl groups is 1. The number of carbonyl (C=O) groups excluding carboxylic acids is 5. The molecule has 0 saturated carbocycles. The first-order valence-corrected chi connectivity index (χ1v) is 17.2. The molecule has 274 valence electrons. The van der Waals surface area contributed by atoms with Crippen molar-refractivity contribution in [3.8, 4) is 11.5 Å². The first kappa shape index (κ1) is 37.3. The van der Waals surface area contributed by atoms with Crippen LogP contribution in [0.5, 0.6) is 11.5 Å². The number of ether oxygens (including phenoxy) is 6. The number of carbonyl (C=O) groups is 5. The minimum absolute atomic E-state index is 0.000508. The van der Waals surface area contributed by atoms with Gasteiger partial charge in [0, 0.05) is 29.2 Å². The van der Waals surface area contributed by atoms with Crippen LogP contribution in [0.15, 0.2) is 59.1 Å². The van der Waals surface area contributed by atoms with Crippen LogP contribution in [-0.4, -0.2) is 103 Å². The van der Waals surface area contributed by atoms with E-state index in [9.17, 15) is 29.1 Å². The third-order valence-electron chi connectivity index (χ3n) is 9.09. The van der Waals surface area contributed by atoms with E-state index in [0.29, 0.717) is 28.4 Å². The molecule has 2 aromatic rings. The molecule has 0 aliphatic carbocycles. The summed E-state index contributed by atoms with van der Waals surface area (Å²) in [5.74, 6) is -1.42. The Morgan fingerprint density at radius 3 is 2.08 bits per heavy atom. The van der Waals surface area contributed by atoms with Gasteiger partial charge in [-0.05, 0) is 48.7 Å². The van der Waals surface area contributed by atoms with Crippen LogP contribution in [0.4, 0.5) is 14.4 Å². The van der Waals surface area contributed by atoms with Crippen LogP contribution in [0.2, 0.25) is 0 Å². The zero-order valence-electron chi connectivity index (χ0n) is 28.9. The maximum atomic E-state index is 13.6. The molecule has 3 aliphatic heterocycles. The highest BCUT2D eigenvalue weighted by Crippen LogP contribution is 2.52. The molecular weight excluding hydrogens is 686 g/mol. The van der Waals surface area contributed by atoms with Gasteiger partial charge in [-0.1, -0.05) is 31.2 Å². The lowest BCUT2D eigenvalue weighted by Crippen LogP contribution is -2.63. The van der Waals surface area contributed by atoms with E-state index in [1.54, 1.807) is 55.6 Å². The Labute approximate surface area is 299 Å². The Hall–Kier alpha value is -4.96. The van der Waals surface area contributed by atoms with E-state index >= 15 is 0 Å². The van der Waals surface area contributed by atoms with Gasteiger partial charge in [-0.25, -0.2) is 19.2 Å². The standard InChI is InChI=1S/C35H41N3O12S/c1-19-28-27(20(2)39)31(40)38(28)29(32(41)50-35(44)49-18-22-8-12-25(46-4)13-9-22)30(19)51-26-14-23(15-36-33(42)47-5)37(16-26)34(43)48-17-21-6-10-24(45-3)11-7-21/h6-13,19-20,23,26-28,39H,14-18H2,1-5H3,(H,36,42)/t19-,20-,23+,26+,27-,28-/m1/s1. The van der Waals surface area contributed by atoms with E-state index in [2.05, 4.69) is 5.32 Å². The van der Waals surface area contributed by atoms with Gasteiger partial charge < -0.3 is 48.6 Å². The quantitative estimate of drug-likeness (QED) is 0.140. The van der Waals surface area contributed by atoms with Gasteiger partial charge in [0.25, 0.3) is 0 Å². The molecule has 0 aromatic heterocycles. The molecule has 2 N–H and O–H groups in total. The molecule has 2 saturated heterocycles. The summed E-state index contributed by atoms with van der Waals surface area (Å²) in [6.45, 7) is 3.42. The van der Waals surface area contributed by atoms with Gasteiger partial charge in [0.2, 0.25) is 5.91 Å². The smallest absolute Gasteiger partial charge is 0.497 e. The SMILES string of the molecule is COC(=O)NC[C@@H]1C[C@H](SC2=C(C(=O)OC(=O)OCc3ccc(OC)cc3)N3C(=O)[C@H]([C@@H](C)O)[C@H]3[C@H]2C)CN1C(=O)OCc1ccc(OC)cc1. The van der Waals surface area contributed by atoms with Crippen molar-refractivity contribution in [1.29, 1.82) is 0 Å². The van der Waals surface area contributed by atoms with Crippen molar-refractivity contribution >= 4 is 42.0 Å². The average molecular weight is 728 g/mol. The summed E-state index contributed by atoms with van der Waals surface area (Å²) in [5.41, 5.74) is 1.27. The van der Waals surface area contributed by atoms with Crippen LogP contribution in [0.1, 0.15) is 31.4 Å². The average Bonchev–Trinajstić information content (AvgIpc) is 3.64. The Bertz CT molecular complexity index is 1650. The van der Waals surface area contributed by atoms with Crippen molar-refractivity contribution in [1.82, 2.24) is 15.1 Å².